The van der Waals surface area contributed by atoms with Gasteiger partial charge < -0.3 is 0 Å². The van der Waals surface area contributed by atoms with Crippen LogP contribution in [0, 0.1) is 22.7 Å². The number of rotatable bonds is 5. The third kappa shape index (κ3) is 3.54. The van der Waals surface area contributed by atoms with Gasteiger partial charge in [0.15, 0.2) is 0 Å². The van der Waals surface area contributed by atoms with Crippen molar-refractivity contribution >= 4 is 0 Å². The molecule has 1 rings (SSSR count). The van der Waals surface area contributed by atoms with Crippen LogP contribution in [-0.2, 0) is 0 Å². The normalized spacial score (nSPS) is 15.7. The Morgan fingerprint density at radius 1 is 1.44 bits per heavy atom. The molecular weight excluding hydrogens is 228 g/mol. The van der Waals surface area contributed by atoms with Crippen molar-refractivity contribution in [2.75, 3.05) is 0 Å². The number of nitriles is 2. The first-order chi connectivity index (χ1) is 8.40. The first-order valence-electron chi connectivity index (χ1n) is 5.90. The Balaban J connectivity index is 2.77. The van der Waals surface area contributed by atoms with Crippen molar-refractivity contribution in [3.63, 3.8) is 0 Å². The minimum atomic E-state index is -0.619. The molecule has 0 saturated carbocycles. The Morgan fingerprint density at radius 3 is 2.56 bits per heavy atom. The number of hydrogen-bond acceptors (Lipinski definition) is 5. The number of aromatic nitrogens is 3. The monoisotopic (exact) mass is 246 g/mol. The fourth-order valence-corrected chi connectivity index (χ4v) is 2.00. The molecule has 0 fully saturated rings. The van der Waals surface area contributed by atoms with Crippen molar-refractivity contribution < 1.29 is 0 Å². The molecule has 0 saturated heterocycles. The van der Waals surface area contributed by atoms with E-state index in [1.165, 1.54) is 6.33 Å². The molecule has 0 aliphatic carbocycles. The van der Waals surface area contributed by atoms with Crippen LogP contribution in [0.25, 0.3) is 0 Å². The number of nitrogens with zero attached hydrogens (tertiary/aromatic N) is 5. The minimum absolute atomic E-state index is 0.00417. The molecule has 0 radical (unpaired) electrons. The van der Waals surface area contributed by atoms with Crippen LogP contribution in [0.3, 0.4) is 0 Å². The molecule has 1 aromatic rings. The van der Waals surface area contributed by atoms with Crippen molar-refractivity contribution in [2.45, 2.75) is 51.7 Å². The van der Waals surface area contributed by atoms with Crippen molar-refractivity contribution in [1.82, 2.24) is 20.1 Å². The summed E-state index contributed by atoms with van der Waals surface area (Å²) in [4.78, 5) is 3.86. The summed E-state index contributed by atoms with van der Waals surface area (Å²) >= 11 is 0. The van der Waals surface area contributed by atoms with Gasteiger partial charge in [0.25, 0.3) is 5.82 Å². The topological polar surface area (TPSA) is 90.3 Å². The summed E-state index contributed by atoms with van der Waals surface area (Å²) in [5.74, 6) is 0.150. The lowest BCUT2D eigenvalue weighted by molar-refractivity contribution is 0.314. The maximum absolute atomic E-state index is 9.27. The van der Waals surface area contributed by atoms with Crippen LogP contribution in [0.5, 0.6) is 0 Å². The zero-order valence-corrected chi connectivity index (χ0v) is 11.2. The van der Waals surface area contributed by atoms with E-state index in [9.17, 15) is 5.26 Å². The molecule has 0 bridgehead atoms. The van der Waals surface area contributed by atoms with Gasteiger partial charge >= 0.3 is 0 Å². The van der Waals surface area contributed by atoms with Crippen LogP contribution in [0.4, 0.5) is 0 Å². The zero-order chi connectivity index (χ0) is 13.8. The highest BCUT2D eigenvalue weighted by molar-refractivity contribution is 5.08. The summed E-state index contributed by atoms with van der Waals surface area (Å²) in [6.07, 6.45) is 2.12. The molecular formula is C12H18N6. The van der Waals surface area contributed by atoms with E-state index in [0.717, 1.165) is 0 Å². The Bertz CT molecular complexity index is 477. The molecule has 0 aliphatic heterocycles. The van der Waals surface area contributed by atoms with E-state index in [-0.39, 0.29) is 17.9 Å². The van der Waals surface area contributed by atoms with Crippen LogP contribution >= 0.6 is 0 Å². The molecule has 2 unspecified atom stereocenters. The van der Waals surface area contributed by atoms with Crippen LogP contribution in [-0.4, -0.2) is 26.3 Å². The van der Waals surface area contributed by atoms with Crippen LogP contribution in [0.2, 0.25) is 0 Å². The molecule has 1 N–H and O–H groups in total. The van der Waals surface area contributed by atoms with E-state index in [2.05, 4.69) is 21.5 Å². The van der Waals surface area contributed by atoms with E-state index in [0.29, 0.717) is 6.42 Å². The Labute approximate surface area is 107 Å². The molecule has 2 atom stereocenters. The van der Waals surface area contributed by atoms with Gasteiger partial charge in [0.2, 0.25) is 0 Å². The second-order valence-electron chi connectivity index (χ2n) is 4.96. The number of hydrogen-bond donors (Lipinski definition) is 1. The van der Waals surface area contributed by atoms with Gasteiger partial charge in [-0.1, -0.05) is 0 Å². The van der Waals surface area contributed by atoms with Crippen molar-refractivity contribution in [1.29, 1.82) is 10.5 Å². The molecule has 1 aromatic heterocycles. The van der Waals surface area contributed by atoms with E-state index in [1.54, 1.807) is 4.68 Å². The lowest BCUT2D eigenvalue weighted by atomic mass is 9.94. The summed E-state index contributed by atoms with van der Waals surface area (Å²) in [6.45, 7) is 7.83. The average molecular weight is 246 g/mol. The minimum Gasteiger partial charge on any atom is -0.297 e. The lowest BCUT2D eigenvalue weighted by Gasteiger charge is -2.28. The predicted octanol–water partition coefficient (Wildman–Crippen LogP) is 1.38. The summed E-state index contributed by atoms with van der Waals surface area (Å²) in [6, 6.07) is 4.41. The fraction of sp³-hybridized carbons (Fsp3) is 0.667. The third-order valence-electron chi connectivity index (χ3n) is 2.62. The Morgan fingerprint density at radius 2 is 2.11 bits per heavy atom. The Kier molecular flexibility index (Phi) is 4.41. The van der Waals surface area contributed by atoms with Gasteiger partial charge in [0, 0.05) is 12.5 Å². The largest absolute Gasteiger partial charge is 0.297 e. The summed E-state index contributed by atoms with van der Waals surface area (Å²) < 4.78 is 1.62. The second-order valence-corrected chi connectivity index (χ2v) is 4.96. The van der Waals surface area contributed by atoms with E-state index >= 15 is 0 Å². The Hall–Kier alpha value is -1.92. The molecule has 6 nitrogen and oxygen atoms in total. The molecule has 0 amide bonds. The van der Waals surface area contributed by atoms with Gasteiger partial charge in [-0.05, 0) is 27.7 Å². The highest BCUT2D eigenvalue weighted by Gasteiger charge is 2.28. The van der Waals surface area contributed by atoms with E-state index in [1.807, 2.05) is 33.8 Å². The van der Waals surface area contributed by atoms with Gasteiger partial charge in [-0.25, -0.2) is 9.67 Å². The van der Waals surface area contributed by atoms with Crippen molar-refractivity contribution in [2.24, 2.45) is 0 Å². The van der Waals surface area contributed by atoms with Crippen molar-refractivity contribution in [3.8, 4) is 12.1 Å². The fourth-order valence-electron chi connectivity index (χ4n) is 2.00. The van der Waals surface area contributed by atoms with Crippen molar-refractivity contribution in [3.05, 3.63) is 12.2 Å². The quantitative estimate of drug-likeness (QED) is 0.847. The van der Waals surface area contributed by atoms with Crippen LogP contribution in [0.1, 0.15) is 46.0 Å². The molecule has 18 heavy (non-hydrogen) atoms. The van der Waals surface area contributed by atoms with Crippen LogP contribution in [0.15, 0.2) is 6.33 Å². The molecule has 0 aliphatic rings. The van der Waals surface area contributed by atoms with Gasteiger partial charge in [-0.15, -0.1) is 5.10 Å². The SMILES string of the molecule is CC(C)NC(C)(C#N)CC(C)n1cnc(C#N)n1. The smallest absolute Gasteiger partial charge is 0.252 e. The first-order valence-corrected chi connectivity index (χ1v) is 5.90. The van der Waals surface area contributed by atoms with Gasteiger partial charge in [-0.3, -0.25) is 5.32 Å². The van der Waals surface area contributed by atoms with Gasteiger partial charge in [0.1, 0.15) is 17.9 Å². The lowest BCUT2D eigenvalue weighted by Crippen LogP contribution is -2.46. The third-order valence-corrected chi connectivity index (χ3v) is 2.62. The van der Waals surface area contributed by atoms with Gasteiger partial charge in [-0.2, -0.15) is 10.5 Å². The average Bonchev–Trinajstić information content (AvgIpc) is 2.76. The van der Waals surface area contributed by atoms with E-state index in [4.69, 9.17) is 5.26 Å². The standard InChI is InChI=1S/C12H18N6/c1-9(2)16-12(4,7-14)5-10(3)18-8-15-11(6-13)17-18/h8-10,16H,5H2,1-4H3. The summed E-state index contributed by atoms with van der Waals surface area (Å²) in [5, 5.41) is 25.2. The maximum Gasteiger partial charge on any atom is 0.252 e. The second kappa shape index (κ2) is 5.61. The van der Waals surface area contributed by atoms with Crippen LogP contribution < -0.4 is 5.32 Å². The maximum atomic E-state index is 9.27. The first kappa shape index (κ1) is 14.1. The highest BCUT2D eigenvalue weighted by Crippen LogP contribution is 2.20. The van der Waals surface area contributed by atoms with E-state index < -0.39 is 5.54 Å². The molecule has 0 aromatic carbocycles. The molecule has 0 spiro atoms. The summed E-state index contributed by atoms with van der Waals surface area (Å²) in [7, 11) is 0. The number of nitrogens with one attached hydrogen (secondary N) is 1. The zero-order valence-electron chi connectivity index (χ0n) is 11.2. The highest BCUT2D eigenvalue weighted by atomic mass is 15.3. The molecule has 96 valence electrons. The predicted molar refractivity (Wildman–Crippen MR) is 66.4 cm³/mol. The molecule has 6 heteroatoms. The molecule has 1 heterocycles. The summed E-state index contributed by atoms with van der Waals surface area (Å²) in [5.41, 5.74) is -0.619. The van der Waals surface area contributed by atoms with Gasteiger partial charge in [0.05, 0.1) is 12.1 Å².